The average Bonchev–Trinajstić information content (AvgIpc) is 3.56. The number of fused-ring (bicyclic) bond motifs is 3. The monoisotopic (exact) mass is 456 g/mol. The Morgan fingerprint density at radius 1 is 1.00 bits per heavy atom. The molecule has 2 aromatic carbocycles. The molecule has 0 unspecified atom stereocenters. The van der Waals surface area contributed by atoms with Crippen LogP contribution in [0.15, 0.2) is 71.9 Å². The second-order valence-corrected chi connectivity index (χ2v) is 10.7. The molecule has 2 aliphatic rings. The van der Waals surface area contributed by atoms with Gasteiger partial charge in [-0.25, -0.2) is 13.4 Å². The molecule has 2 aromatic heterocycles. The van der Waals surface area contributed by atoms with Crippen LogP contribution < -0.4 is 10.6 Å². The van der Waals surface area contributed by atoms with Gasteiger partial charge in [-0.3, -0.25) is 9.78 Å². The number of sulfone groups is 1. The van der Waals surface area contributed by atoms with E-state index in [1.54, 1.807) is 36.7 Å². The van der Waals surface area contributed by atoms with Gasteiger partial charge in [-0.05, 0) is 66.9 Å². The van der Waals surface area contributed by atoms with E-state index in [-0.39, 0.29) is 16.2 Å². The molecule has 0 radical (unpaired) electrons. The van der Waals surface area contributed by atoms with Gasteiger partial charge >= 0.3 is 0 Å². The zero-order chi connectivity index (χ0) is 22.8. The number of nitrogens with one attached hydrogen (secondary N) is 2. The van der Waals surface area contributed by atoms with Gasteiger partial charge < -0.3 is 10.6 Å². The van der Waals surface area contributed by atoms with E-state index in [1.165, 1.54) is 6.26 Å². The fourth-order valence-corrected chi connectivity index (χ4v) is 5.11. The molecule has 8 heteroatoms. The van der Waals surface area contributed by atoms with E-state index in [9.17, 15) is 13.2 Å². The van der Waals surface area contributed by atoms with Crippen LogP contribution >= 0.6 is 0 Å². The number of carbonyl (C=O) groups excluding carboxylic acids is 1. The quantitative estimate of drug-likeness (QED) is 0.471. The van der Waals surface area contributed by atoms with E-state index < -0.39 is 9.84 Å². The largest absolute Gasteiger partial charge is 0.340 e. The third-order valence-electron chi connectivity index (χ3n) is 6.44. The Morgan fingerprint density at radius 2 is 1.79 bits per heavy atom. The summed E-state index contributed by atoms with van der Waals surface area (Å²) < 4.78 is 23.4. The predicted octanol–water partition coefficient (Wildman–Crippen LogP) is 4.43. The zero-order valence-electron chi connectivity index (χ0n) is 17.8. The lowest BCUT2D eigenvalue weighted by molar-refractivity contribution is -0.117. The summed E-state index contributed by atoms with van der Waals surface area (Å²) in [5.74, 6) is 0.721. The molecule has 1 spiro atoms. The number of nitrogens with zero attached hydrogens (tertiary/aromatic N) is 2. The molecular weight excluding hydrogens is 436 g/mol. The molecule has 7 nitrogen and oxygen atoms in total. The number of hydrogen-bond donors (Lipinski definition) is 2. The number of pyridine rings is 2. The molecule has 6 rings (SSSR count). The van der Waals surface area contributed by atoms with Gasteiger partial charge in [-0.15, -0.1) is 0 Å². The fourth-order valence-electron chi connectivity index (χ4n) is 4.48. The third-order valence-corrected chi connectivity index (χ3v) is 7.57. The molecule has 0 saturated heterocycles. The normalized spacial score (nSPS) is 16.0. The molecule has 1 fully saturated rings. The Labute approximate surface area is 190 Å². The average molecular weight is 457 g/mol. The van der Waals surface area contributed by atoms with Crippen molar-refractivity contribution in [3.63, 3.8) is 0 Å². The smallest absolute Gasteiger partial charge is 0.235 e. The minimum Gasteiger partial charge on any atom is -0.340 e. The van der Waals surface area contributed by atoms with Crippen molar-refractivity contribution in [2.75, 3.05) is 16.9 Å². The number of hydrogen-bond acceptors (Lipinski definition) is 6. The Morgan fingerprint density at radius 3 is 2.52 bits per heavy atom. The van der Waals surface area contributed by atoms with Gasteiger partial charge in [0, 0.05) is 46.4 Å². The summed E-state index contributed by atoms with van der Waals surface area (Å²) in [5.41, 5.74) is 4.10. The summed E-state index contributed by atoms with van der Waals surface area (Å²) in [5, 5.41) is 8.12. The third kappa shape index (κ3) is 3.25. The topological polar surface area (TPSA) is 101 Å². The van der Waals surface area contributed by atoms with Gasteiger partial charge in [0.1, 0.15) is 5.82 Å². The SMILES string of the molecule is CS(=O)(=O)c1ccc(Nc2cc3c(-c4ccc5c(c4)C4(CC4)C(=O)N5)nccc3cn2)cc1. The zero-order valence-corrected chi connectivity index (χ0v) is 18.6. The van der Waals surface area contributed by atoms with Crippen LogP contribution in [0.1, 0.15) is 18.4 Å². The second-order valence-electron chi connectivity index (χ2n) is 8.67. The van der Waals surface area contributed by atoms with Crippen molar-refractivity contribution < 1.29 is 13.2 Å². The van der Waals surface area contributed by atoms with Crippen molar-refractivity contribution >= 4 is 43.7 Å². The maximum Gasteiger partial charge on any atom is 0.235 e. The van der Waals surface area contributed by atoms with Crippen molar-refractivity contribution in [1.82, 2.24) is 9.97 Å². The number of anilines is 3. The molecule has 1 aliphatic carbocycles. The molecule has 1 amide bonds. The van der Waals surface area contributed by atoms with E-state index in [4.69, 9.17) is 0 Å². The number of carbonyl (C=O) groups is 1. The first-order valence-corrected chi connectivity index (χ1v) is 12.5. The molecule has 4 aromatic rings. The first-order valence-electron chi connectivity index (χ1n) is 10.6. The Kier molecular flexibility index (Phi) is 4.13. The summed E-state index contributed by atoms with van der Waals surface area (Å²) in [7, 11) is -3.25. The Bertz CT molecular complexity index is 1560. The lowest BCUT2D eigenvalue weighted by atomic mass is 9.94. The fraction of sp³-hybridized carbons (Fsp3) is 0.160. The molecule has 1 aliphatic heterocycles. The number of aromatic nitrogens is 2. The van der Waals surface area contributed by atoms with Gasteiger partial charge in [0.25, 0.3) is 0 Å². The van der Waals surface area contributed by atoms with Crippen molar-refractivity contribution in [2.45, 2.75) is 23.2 Å². The highest BCUT2D eigenvalue weighted by atomic mass is 32.2. The molecule has 1 saturated carbocycles. The van der Waals surface area contributed by atoms with Crippen LogP contribution in [0.4, 0.5) is 17.2 Å². The predicted molar refractivity (Wildman–Crippen MR) is 127 cm³/mol. The highest BCUT2D eigenvalue weighted by Gasteiger charge is 2.56. The minimum atomic E-state index is -3.25. The summed E-state index contributed by atoms with van der Waals surface area (Å²) in [6.45, 7) is 0. The van der Waals surface area contributed by atoms with E-state index in [0.29, 0.717) is 5.82 Å². The lowest BCUT2D eigenvalue weighted by Crippen LogP contribution is -2.18. The molecular formula is C25H20N4O3S. The van der Waals surface area contributed by atoms with Gasteiger partial charge in [-0.1, -0.05) is 6.07 Å². The Hall–Kier alpha value is -3.78. The van der Waals surface area contributed by atoms with Gasteiger partial charge in [0.05, 0.1) is 16.0 Å². The van der Waals surface area contributed by atoms with E-state index in [2.05, 4.69) is 26.7 Å². The minimum absolute atomic E-state index is 0.0955. The first kappa shape index (κ1) is 19.9. The van der Waals surface area contributed by atoms with Crippen LogP contribution in [0.25, 0.3) is 22.0 Å². The van der Waals surface area contributed by atoms with Crippen LogP contribution in [0.5, 0.6) is 0 Å². The highest BCUT2D eigenvalue weighted by Crippen LogP contribution is 2.55. The van der Waals surface area contributed by atoms with E-state index >= 15 is 0 Å². The van der Waals surface area contributed by atoms with Crippen molar-refractivity contribution in [2.24, 2.45) is 0 Å². The summed E-state index contributed by atoms with van der Waals surface area (Å²) in [4.78, 5) is 21.8. The van der Waals surface area contributed by atoms with Crippen molar-refractivity contribution in [3.8, 4) is 11.3 Å². The van der Waals surface area contributed by atoms with Crippen molar-refractivity contribution in [1.29, 1.82) is 0 Å². The maximum absolute atomic E-state index is 12.4. The van der Waals surface area contributed by atoms with E-state index in [1.807, 2.05) is 24.3 Å². The molecule has 0 atom stereocenters. The number of amides is 1. The van der Waals surface area contributed by atoms with Crippen LogP contribution in [-0.2, 0) is 20.0 Å². The van der Waals surface area contributed by atoms with Gasteiger partial charge in [0.2, 0.25) is 5.91 Å². The van der Waals surface area contributed by atoms with Crippen LogP contribution in [-0.4, -0.2) is 30.5 Å². The lowest BCUT2D eigenvalue weighted by Gasteiger charge is -2.11. The van der Waals surface area contributed by atoms with Gasteiger partial charge in [-0.2, -0.15) is 0 Å². The molecule has 0 bridgehead atoms. The second kappa shape index (κ2) is 6.86. The Balaban J connectivity index is 1.38. The summed E-state index contributed by atoms with van der Waals surface area (Å²) in [6.07, 6.45) is 6.50. The molecule has 33 heavy (non-hydrogen) atoms. The van der Waals surface area contributed by atoms with Crippen molar-refractivity contribution in [3.05, 3.63) is 72.6 Å². The first-order chi connectivity index (χ1) is 15.8. The van der Waals surface area contributed by atoms with Gasteiger partial charge in [0.15, 0.2) is 9.84 Å². The molecule has 2 N–H and O–H groups in total. The maximum atomic E-state index is 12.4. The number of benzene rings is 2. The summed E-state index contributed by atoms with van der Waals surface area (Å²) >= 11 is 0. The van der Waals surface area contributed by atoms with Crippen LogP contribution in [0.3, 0.4) is 0 Å². The highest BCUT2D eigenvalue weighted by molar-refractivity contribution is 7.90. The van der Waals surface area contributed by atoms with E-state index in [0.717, 1.165) is 51.8 Å². The molecule has 164 valence electrons. The van der Waals surface area contributed by atoms with Crippen LogP contribution in [0, 0.1) is 0 Å². The number of rotatable bonds is 4. The van der Waals surface area contributed by atoms with Crippen LogP contribution in [0.2, 0.25) is 0 Å². The summed E-state index contributed by atoms with van der Waals surface area (Å²) in [6, 6.07) is 16.4. The molecule has 3 heterocycles. The standard InChI is InChI=1S/C25H20N4O3S/c1-33(31,32)18-5-3-17(4-6-18)28-22-13-19-16(14-27-22)8-11-26-23(19)15-2-7-21-20(12-15)25(9-10-25)24(30)29-21/h2-8,11-14H,9-10H2,1H3,(H,27,28)(H,29,30).